The van der Waals surface area contributed by atoms with Gasteiger partial charge in [0.05, 0.1) is 6.10 Å². The van der Waals surface area contributed by atoms with Gasteiger partial charge in [-0.15, -0.1) is 0 Å². The average Bonchev–Trinajstić information content (AvgIpc) is 2.66. The molecule has 3 rings (SSSR count). The van der Waals surface area contributed by atoms with Crippen molar-refractivity contribution in [3.63, 3.8) is 0 Å². The largest absolute Gasteiger partial charge is 0.393 e. The van der Waals surface area contributed by atoms with Crippen LogP contribution in [0.15, 0.2) is 0 Å². The van der Waals surface area contributed by atoms with Gasteiger partial charge in [0.15, 0.2) is 0 Å². The molecule has 3 aliphatic carbocycles. The maximum Gasteiger partial charge on any atom is 0.0573 e. The topological polar surface area (TPSA) is 20.2 Å². The summed E-state index contributed by atoms with van der Waals surface area (Å²) in [6.45, 7) is 0. The summed E-state index contributed by atoms with van der Waals surface area (Å²) in [6.07, 6.45) is 5.44. The van der Waals surface area contributed by atoms with Crippen LogP contribution in [0.2, 0.25) is 0 Å². The highest BCUT2D eigenvalue weighted by molar-refractivity contribution is 5.03. The van der Waals surface area contributed by atoms with Gasteiger partial charge < -0.3 is 5.11 Å². The van der Waals surface area contributed by atoms with Gasteiger partial charge >= 0.3 is 0 Å². The molecule has 0 amide bonds. The van der Waals surface area contributed by atoms with Crippen molar-refractivity contribution in [1.82, 2.24) is 0 Å². The lowest BCUT2D eigenvalue weighted by Crippen LogP contribution is -2.09. The minimum atomic E-state index is 0.0856. The van der Waals surface area contributed by atoms with E-state index in [1.165, 1.54) is 19.3 Å². The average molecular weight is 138 g/mol. The van der Waals surface area contributed by atoms with E-state index in [0.29, 0.717) is 0 Å². The van der Waals surface area contributed by atoms with E-state index < -0.39 is 0 Å². The third kappa shape index (κ3) is 0.672. The Labute approximate surface area is 61.4 Å². The standard InChI is InChI=1S/C9H14O/c10-9-4-6-1-5(6)2-7-3-8(7)9/h5-10H,1-4H2/t5-,6-,7-,8+,9+/m1/s1. The van der Waals surface area contributed by atoms with Gasteiger partial charge in [0, 0.05) is 0 Å². The Morgan fingerprint density at radius 1 is 0.800 bits per heavy atom. The molecule has 0 saturated heterocycles. The predicted octanol–water partition coefficient (Wildman–Crippen LogP) is 1.41. The molecule has 0 aromatic heterocycles. The molecule has 10 heavy (non-hydrogen) atoms. The molecule has 0 aliphatic heterocycles. The molecule has 1 heteroatoms. The minimum Gasteiger partial charge on any atom is -0.393 e. The zero-order chi connectivity index (χ0) is 6.72. The molecular weight excluding hydrogens is 124 g/mol. The van der Waals surface area contributed by atoms with Crippen molar-refractivity contribution < 1.29 is 5.11 Å². The van der Waals surface area contributed by atoms with Gasteiger partial charge in [0.1, 0.15) is 0 Å². The Morgan fingerprint density at radius 3 is 2.40 bits per heavy atom. The lowest BCUT2D eigenvalue weighted by Gasteiger charge is -2.05. The molecule has 0 radical (unpaired) electrons. The molecular formula is C9H14O. The van der Waals surface area contributed by atoms with E-state index in [0.717, 1.165) is 30.1 Å². The second-order valence-electron chi connectivity index (χ2n) is 4.45. The molecule has 3 aliphatic rings. The molecule has 56 valence electrons. The normalized spacial score (nSPS) is 63.9. The summed E-state index contributed by atoms with van der Waals surface area (Å²) in [7, 11) is 0. The lowest BCUT2D eigenvalue weighted by atomic mass is 10.1. The van der Waals surface area contributed by atoms with Gasteiger partial charge in [-0.2, -0.15) is 0 Å². The number of hydrogen-bond donors (Lipinski definition) is 1. The molecule has 5 atom stereocenters. The predicted molar refractivity (Wildman–Crippen MR) is 38.4 cm³/mol. The zero-order valence-corrected chi connectivity index (χ0v) is 6.16. The fourth-order valence-electron chi connectivity index (χ4n) is 2.77. The monoisotopic (exact) mass is 138 g/mol. The molecule has 3 fully saturated rings. The smallest absolute Gasteiger partial charge is 0.0573 e. The first-order valence-corrected chi connectivity index (χ1v) is 4.52. The fraction of sp³-hybridized carbons (Fsp3) is 1.00. The SMILES string of the molecule is O[C@H]1C[C@H]2C[C@@H]2C[C@@H]2C[C@@H]21. The number of aliphatic hydroxyl groups excluding tert-OH is 1. The van der Waals surface area contributed by atoms with E-state index >= 15 is 0 Å². The van der Waals surface area contributed by atoms with Crippen LogP contribution in [0.3, 0.4) is 0 Å². The summed E-state index contributed by atoms with van der Waals surface area (Å²) in [5.41, 5.74) is 0. The Hall–Kier alpha value is -0.0400. The van der Waals surface area contributed by atoms with Crippen molar-refractivity contribution in [1.29, 1.82) is 0 Å². The zero-order valence-electron chi connectivity index (χ0n) is 6.16. The first kappa shape index (κ1) is 5.59. The number of aliphatic hydroxyl groups is 1. The van der Waals surface area contributed by atoms with Gasteiger partial charge in [0.2, 0.25) is 0 Å². The minimum absolute atomic E-state index is 0.0856. The highest BCUT2D eigenvalue weighted by atomic mass is 16.3. The quantitative estimate of drug-likeness (QED) is 0.536. The molecule has 0 spiro atoms. The van der Waals surface area contributed by atoms with Gasteiger partial charge in [-0.25, -0.2) is 0 Å². The van der Waals surface area contributed by atoms with Crippen LogP contribution in [0.5, 0.6) is 0 Å². The van der Waals surface area contributed by atoms with Gasteiger partial charge in [-0.05, 0) is 49.4 Å². The van der Waals surface area contributed by atoms with Crippen molar-refractivity contribution >= 4 is 0 Å². The van der Waals surface area contributed by atoms with E-state index in [2.05, 4.69) is 0 Å². The summed E-state index contributed by atoms with van der Waals surface area (Å²) in [4.78, 5) is 0. The van der Waals surface area contributed by atoms with E-state index in [4.69, 9.17) is 0 Å². The number of fused-ring (bicyclic) bond motifs is 2. The molecule has 1 nitrogen and oxygen atoms in total. The molecule has 0 bridgehead atoms. The second-order valence-corrected chi connectivity index (χ2v) is 4.45. The first-order valence-electron chi connectivity index (χ1n) is 4.52. The summed E-state index contributed by atoms with van der Waals surface area (Å²) in [6, 6.07) is 0. The Morgan fingerprint density at radius 2 is 1.50 bits per heavy atom. The first-order chi connectivity index (χ1) is 4.84. The van der Waals surface area contributed by atoms with E-state index in [1.54, 1.807) is 0 Å². The highest BCUT2D eigenvalue weighted by Crippen LogP contribution is 2.59. The second kappa shape index (κ2) is 1.58. The molecule has 0 unspecified atom stereocenters. The molecule has 0 heterocycles. The molecule has 1 N–H and O–H groups in total. The van der Waals surface area contributed by atoms with Crippen molar-refractivity contribution in [2.45, 2.75) is 31.8 Å². The van der Waals surface area contributed by atoms with Gasteiger partial charge in [0.25, 0.3) is 0 Å². The maximum atomic E-state index is 9.60. The summed E-state index contributed by atoms with van der Waals surface area (Å²) in [5.74, 6) is 3.63. The lowest BCUT2D eigenvalue weighted by molar-refractivity contribution is 0.133. The van der Waals surface area contributed by atoms with Crippen LogP contribution in [-0.2, 0) is 0 Å². The van der Waals surface area contributed by atoms with Crippen LogP contribution in [-0.4, -0.2) is 11.2 Å². The Balaban J connectivity index is 1.79. The van der Waals surface area contributed by atoms with E-state index in [9.17, 15) is 5.11 Å². The van der Waals surface area contributed by atoms with Gasteiger partial charge in [-0.1, -0.05) is 0 Å². The van der Waals surface area contributed by atoms with Crippen molar-refractivity contribution in [3.8, 4) is 0 Å². The highest BCUT2D eigenvalue weighted by Gasteiger charge is 2.53. The van der Waals surface area contributed by atoms with Crippen LogP contribution in [0.4, 0.5) is 0 Å². The molecule has 0 aromatic rings. The van der Waals surface area contributed by atoms with Crippen LogP contribution < -0.4 is 0 Å². The number of rotatable bonds is 0. The Bertz CT molecular complexity index is 164. The molecule has 0 aromatic carbocycles. The van der Waals surface area contributed by atoms with Crippen LogP contribution in [0.25, 0.3) is 0 Å². The van der Waals surface area contributed by atoms with Crippen LogP contribution in [0, 0.1) is 23.7 Å². The maximum absolute atomic E-state index is 9.60. The van der Waals surface area contributed by atoms with Crippen molar-refractivity contribution in [3.05, 3.63) is 0 Å². The van der Waals surface area contributed by atoms with Crippen molar-refractivity contribution in [2.24, 2.45) is 23.7 Å². The summed E-state index contributed by atoms with van der Waals surface area (Å²) < 4.78 is 0. The third-order valence-corrected chi connectivity index (χ3v) is 3.69. The fourth-order valence-corrected chi connectivity index (χ4v) is 2.77. The number of hydrogen-bond acceptors (Lipinski definition) is 1. The summed E-state index contributed by atoms with van der Waals surface area (Å²) >= 11 is 0. The van der Waals surface area contributed by atoms with Gasteiger partial charge in [-0.3, -0.25) is 0 Å². The van der Waals surface area contributed by atoms with Crippen LogP contribution in [0.1, 0.15) is 25.7 Å². The summed E-state index contributed by atoms with van der Waals surface area (Å²) in [5, 5.41) is 9.60. The van der Waals surface area contributed by atoms with E-state index in [-0.39, 0.29) is 6.10 Å². The van der Waals surface area contributed by atoms with Crippen molar-refractivity contribution in [2.75, 3.05) is 0 Å². The molecule has 3 saturated carbocycles. The third-order valence-electron chi connectivity index (χ3n) is 3.69. The Kier molecular flexibility index (Phi) is 0.883. The van der Waals surface area contributed by atoms with E-state index in [1.807, 2.05) is 0 Å². The van der Waals surface area contributed by atoms with Crippen LogP contribution >= 0.6 is 0 Å².